The zero-order valence-corrected chi connectivity index (χ0v) is 35.4. The third kappa shape index (κ3) is 12.1. The van der Waals surface area contributed by atoms with Gasteiger partial charge in [0.05, 0.1) is 7.57 Å². The summed E-state index contributed by atoms with van der Waals surface area (Å²) in [5, 5.41) is 13.4. The first kappa shape index (κ1) is 38.3. The number of hydrogen-bond donors (Lipinski definition) is 0. The molecule has 0 saturated carbocycles. The van der Waals surface area contributed by atoms with E-state index in [2.05, 4.69) is 132 Å². The monoisotopic (exact) mass is 922 g/mol. The zero-order chi connectivity index (χ0) is 29.0. The minimum atomic E-state index is 0. The molecule has 44 heavy (non-hydrogen) atoms. The first-order valence-electron chi connectivity index (χ1n) is 12.3. The van der Waals surface area contributed by atoms with E-state index in [1.165, 1.54) is 46.6 Å². The molecule has 0 unspecified atom stereocenters. The van der Waals surface area contributed by atoms with E-state index >= 15 is 0 Å². The predicted octanol–water partition coefficient (Wildman–Crippen LogP) is 11.9. The fraction of sp³-hybridized carbons (Fsp3) is 0. The first-order valence-corrected chi connectivity index (χ1v) is 20.7. The van der Waals surface area contributed by atoms with E-state index in [1.807, 2.05) is 52.3 Å². The second-order valence-corrected chi connectivity index (χ2v) is 18.6. The van der Waals surface area contributed by atoms with Gasteiger partial charge < -0.3 is 28.3 Å². The summed E-state index contributed by atoms with van der Waals surface area (Å²) < 4.78 is 2.33. The summed E-state index contributed by atoms with van der Waals surface area (Å²) in [4.78, 5) is 10.9. The summed E-state index contributed by atoms with van der Waals surface area (Å²) in [6.45, 7) is 0. The minimum absolute atomic E-state index is 0. The molecule has 0 bridgehead atoms. The Bertz CT molecular complexity index is 1560. The van der Waals surface area contributed by atoms with Gasteiger partial charge in [-0.3, -0.25) is 0 Å². The minimum Gasteiger partial charge on any atom is -1.00 e. The molecular weight excluding hydrogens is 905 g/mol. The Kier molecular flexibility index (Phi) is 18.2. The summed E-state index contributed by atoms with van der Waals surface area (Å²) in [5.41, 5.74) is 0. The van der Waals surface area contributed by atoms with Gasteiger partial charge in [0.1, 0.15) is 0 Å². The molecule has 0 fully saturated rings. The third-order valence-corrected chi connectivity index (χ3v) is 14.3. The van der Waals surface area contributed by atoms with Crippen molar-refractivity contribution in [1.82, 2.24) is 0 Å². The van der Waals surface area contributed by atoms with Crippen LogP contribution in [-0.2, 0) is 0 Å². The van der Waals surface area contributed by atoms with Crippen molar-refractivity contribution in [2.75, 3.05) is 0 Å². The van der Waals surface area contributed by atoms with Gasteiger partial charge in [-0.1, -0.05) is 24.3 Å². The summed E-state index contributed by atoms with van der Waals surface area (Å²) in [6, 6.07) is 33.8. The number of thiophene rings is 8. The second-order valence-electron chi connectivity index (χ2n) is 8.01. The Morgan fingerprint density at radius 3 is 0.955 bits per heavy atom. The van der Waals surface area contributed by atoms with Crippen LogP contribution in [0.4, 0.5) is 0 Å². The van der Waals surface area contributed by atoms with Crippen molar-refractivity contribution < 1.29 is 17.0 Å². The van der Waals surface area contributed by atoms with E-state index in [-0.39, 0.29) is 40.0 Å². The average molecular weight is 926 g/mol. The van der Waals surface area contributed by atoms with Crippen LogP contribution in [0.25, 0.3) is 39.0 Å². The molecule has 0 atom stereocenters. The topological polar surface area (TPSA) is 0 Å². The molecule has 0 aliphatic heterocycles. The van der Waals surface area contributed by atoms with E-state index in [0.717, 1.165) is 0 Å². The van der Waals surface area contributed by atoms with Crippen LogP contribution in [0.2, 0.25) is 0 Å². The Morgan fingerprint density at radius 1 is 0.409 bits per heavy atom. The largest absolute Gasteiger partial charge is 2.00 e. The van der Waals surface area contributed by atoms with Gasteiger partial charge in [0.15, 0.2) is 0 Å². The Labute approximate surface area is 333 Å². The molecule has 12 heteroatoms. The molecule has 0 amide bonds. The molecule has 220 valence electrons. The number of hydrogen-bond acceptors (Lipinski definition) is 8. The number of rotatable bonds is 4. The summed E-state index contributed by atoms with van der Waals surface area (Å²) in [5.74, 6) is 0. The fourth-order valence-electron chi connectivity index (χ4n) is 3.37. The maximum Gasteiger partial charge on any atom is 2.00 e. The standard InChI is InChI=1S/2C12H8S3.C4H2Br2S.C4H3S.BrH.Mg/c2*1-3-9(13-7-1)11-5-6-12(15-11)10-4-2-8-14-10;5-3-1-2-4(6)7-3;1-2-4-5-3-1;;/h2*1-8H;1-2H;1-3H;1H;/q;;;-1;;+2/p-1. The van der Waals surface area contributed by atoms with Crippen molar-refractivity contribution in [3.05, 3.63) is 137 Å². The van der Waals surface area contributed by atoms with E-state index in [4.69, 9.17) is 0 Å². The first-order chi connectivity index (χ1) is 20.7. The van der Waals surface area contributed by atoms with Crippen molar-refractivity contribution >= 4 is 146 Å². The van der Waals surface area contributed by atoms with Gasteiger partial charge in [0.25, 0.3) is 0 Å². The van der Waals surface area contributed by atoms with Crippen LogP contribution in [0.1, 0.15) is 0 Å². The SMILES string of the molecule is Brc1ccc(Br)s1.[Br-].[Mg+2].[c-]1cccs1.c1csc(-c2ccc(-c3cccs3)s2)c1.c1csc(-c2ccc(-c3cccs3)s2)c1. The zero-order valence-electron chi connectivity index (χ0n) is 22.7. The van der Waals surface area contributed by atoms with Gasteiger partial charge in [-0.05, 0) is 114 Å². The second kappa shape index (κ2) is 20.9. The van der Waals surface area contributed by atoms with Crippen LogP contribution >= 0.6 is 123 Å². The molecule has 8 heterocycles. The van der Waals surface area contributed by atoms with Crippen LogP contribution in [0.5, 0.6) is 0 Å². The van der Waals surface area contributed by atoms with E-state index in [9.17, 15) is 0 Å². The van der Waals surface area contributed by atoms with E-state index in [1.54, 1.807) is 68.0 Å². The molecular formula is C32H21Br3MgS8. The van der Waals surface area contributed by atoms with Crippen molar-refractivity contribution in [1.29, 1.82) is 0 Å². The van der Waals surface area contributed by atoms with Crippen LogP contribution in [0.3, 0.4) is 0 Å². The van der Waals surface area contributed by atoms with Gasteiger partial charge in [0.2, 0.25) is 0 Å². The maximum atomic E-state index is 3.32. The molecule has 0 aromatic carbocycles. The average Bonchev–Trinajstić information content (AvgIpc) is 3.89. The Morgan fingerprint density at radius 2 is 0.773 bits per heavy atom. The molecule has 0 spiro atoms. The van der Waals surface area contributed by atoms with Crippen LogP contribution < -0.4 is 17.0 Å². The summed E-state index contributed by atoms with van der Waals surface area (Å²) in [7, 11) is 0. The van der Waals surface area contributed by atoms with Crippen molar-refractivity contribution in [2.24, 2.45) is 0 Å². The van der Waals surface area contributed by atoms with E-state index < -0.39 is 0 Å². The smallest absolute Gasteiger partial charge is 1.00 e. The van der Waals surface area contributed by atoms with Crippen LogP contribution in [0.15, 0.2) is 132 Å². The molecule has 8 aromatic heterocycles. The maximum absolute atomic E-state index is 3.32. The van der Waals surface area contributed by atoms with Gasteiger partial charge in [-0.15, -0.1) is 84.7 Å². The summed E-state index contributed by atoms with van der Waals surface area (Å²) >= 11 is 20.8. The quantitative estimate of drug-likeness (QED) is 0.122. The normalized spacial score (nSPS) is 9.68. The van der Waals surface area contributed by atoms with Crippen molar-refractivity contribution in [3.8, 4) is 39.0 Å². The fourth-order valence-corrected chi connectivity index (χ4v) is 11.5. The van der Waals surface area contributed by atoms with Gasteiger partial charge in [-0.25, -0.2) is 6.07 Å². The third-order valence-electron chi connectivity index (χ3n) is 5.19. The van der Waals surface area contributed by atoms with E-state index in [0.29, 0.717) is 0 Å². The molecule has 0 radical (unpaired) electrons. The molecule has 0 saturated heterocycles. The molecule has 0 aliphatic rings. The Hall–Kier alpha value is -0.194. The number of halogens is 3. The predicted molar refractivity (Wildman–Crippen MR) is 211 cm³/mol. The molecule has 8 aromatic rings. The van der Waals surface area contributed by atoms with Crippen LogP contribution in [0, 0.1) is 5.38 Å². The van der Waals surface area contributed by atoms with Crippen molar-refractivity contribution in [2.45, 2.75) is 0 Å². The van der Waals surface area contributed by atoms with Gasteiger partial charge >= 0.3 is 23.1 Å². The Balaban J connectivity index is 0.000000171. The summed E-state index contributed by atoms with van der Waals surface area (Å²) in [6.07, 6.45) is 0. The van der Waals surface area contributed by atoms with Gasteiger partial charge in [-0.2, -0.15) is 11.4 Å². The van der Waals surface area contributed by atoms with Crippen LogP contribution in [-0.4, -0.2) is 23.1 Å². The van der Waals surface area contributed by atoms with Gasteiger partial charge in [0, 0.05) is 39.0 Å². The van der Waals surface area contributed by atoms with Crippen molar-refractivity contribution in [3.63, 3.8) is 0 Å². The molecule has 0 N–H and O–H groups in total. The molecule has 8 rings (SSSR count). The molecule has 0 nitrogen and oxygen atoms in total. The molecule has 0 aliphatic carbocycles.